The first-order valence-corrected chi connectivity index (χ1v) is 12.9. The minimum Gasteiger partial charge on any atom is -0.322 e. The molecule has 38 heavy (non-hydrogen) atoms. The van der Waals surface area contributed by atoms with Crippen LogP contribution >= 0.6 is 11.3 Å². The standard InChI is InChI=1S/C30H23N5O2S/c1-19-25(28(36)33-23-15-9-4-10-16-23)27(21-13-7-3-8-14-21)35-29(37)24(38-30(35)32-19)17-22-18-31-34-26(22)20-11-5-2-6-12-20/h2-18,27H,1H3,(H,31,34)(H,33,36)/b24-17+. The number of anilines is 1. The maximum Gasteiger partial charge on any atom is 0.271 e. The number of allylic oxidation sites excluding steroid dienone is 1. The lowest BCUT2D eigenvalue weighted by Gasteiger charge is -2.25. The minimum atomic E-state index is -0.615. The van der Waals surface area contributed by atoms with E-state index >= 15 is 0 Å². The van der Waals surface area contributed by atoms with Crippen LogP contribution in [0.2, 0.25) is 0 Å². The molecule has 0 fully saturated rings. The van der Waals surface area contributed by atoms with E-state index in [1.54, 1.807) is 10.8 Å². The van der Waals surface area contributed by atoms with Crippen molar-refractivity contribution in [2.75, 3.05) is 5.32 Å². The number of benzene rings is 3. The lowest BCUT2D eigenvalue weighted by molar-refractivity contribution is -0.113. The molecule has 0 saturated carbocycles. The number of carbonyl (C=O) groups excluding carboxylic acids is 1. The first kappa shape index (κ1) is 23.6. The summed E-state index contributed by atoms with van der Waals surface area (Å²) in [7, 11) is 0. The summed E-state index contributed by atoms with van der Waals surface area (Å²) in [6.07, 6.45) is 3.54. The molecule has 1 unspecified atom stereocenters. The van der Waals surface area contributed by atoms with Gasteiger partial charge in [-0.3, -0.25) is 19.3 Å². The first-order valence-electron chi connectivity index (χ1n) is 12.1. The van der Waals surface area contributed by atoms with Crippen LogP contribution in [0, 0.1) is 0 Å². The highest BCUT2D eigenvalue weighted by Gasteiger charge is 2.32. The molecule has 5 aromatic rings. The van der Waals surface area contributed by atoms with E-state index in [2.05, 4.69) is 15.5 Å². The number of aromatic nitrogens is 3. The zero-order valence-corrected chi connectivity index (χ0v) is 21.3. The Labute approximate surface area is 222 Å². The van der Waals surface area contributed by atoms with Gasteiger partial charge in [-0.1, -0.05) is 90.2 Å². The normalized spacial score (nSPS) is 15.2. The van der Waals surface area contributed by atoms with Gasteiger partial charge in [0.25, 0.3) is 11.5 Å². The van der Waals surface area contributed by atoms with Crippen molar-refractivity contribution >= 4 is 29.0 Å². The first-order chi connectivity index (χ1) is 18.6. The second-order valence-corrected chi connectivity index (χ2v) is 9.89. The predicted molar refractivity (Wildman–Crippen MR) is 149 cm³/mol. The average molecular weight is 518 g/mol. The van der Waals surface area contributed by atoms with Gasteiger partial charge >= 0.3 is 0 Å². The maximum atomic E-state index is 13.9. The Bertz CT molecular complexity index is 1840. The molecular weight excluding hydrogens is 494 g/mol. The molecule has 1 amide bonds. The van der Waals surface area contributed by atoms with Crippen LogP contribution in [0.1, 0.15) is 24.1 Å². The van der Waals surface area contributed by atoms with Gasteiger partial charge in [0.15, 0.2) is 4.80 Å². The fourth-order valence-electron chi connectivity index (χ4n) is 4.66. The molecule has 3 heterocycles. The summed E-state index contributed by atoms with van der Waals surface area (Å²) in [6, 6.07) is 28.1. The molecule has 1 atom stereocenters. The Balaban J connectivity index is 1.49. The van der Waals surface area contributed by atoms with Crippen molar-refractivity contribution in [1.82, 2.24) is 14.8 Å². The number of thiazole rings is 1. The Morgan fingerprint density at radius 3 is 2.34 bits per heavy atom. The number of amides is 1. The molecule has 2 aromatic heterocycles. The van der Waals surface area contributed by atoms with Crippen molar-refractivity contribution in [3.8, 4) is 11.3 Å². The summed E-state index contributed by atoms with van der Waals surface area (Å²) in [5.74, 6) is -0.290. The van der Waals surface area contributed by atoms with Gasteiger partial charge in [0.2, 0.25) is 0 Å². The third-order valence-electron chi connectivity index (χ3n) is 6.43. The van der Waals surface area contributed by atoms with Crippen molar-refractivity contribution < 1.29 is 4.79 Å². The van der Waals surface area contributed by atoms with Crippen molar-refractivity contribution in [2.45, 2.75) is 13.0 Å². The van der Waals surface area contributed by atoms with Crippen molar-refractivity contribution in [2.24, 2.45) is 4.99 Å². The van der Waals surface area contributed by atoms with Gasteiger partial charge in [0.05, 0.1) is 33.7 Å². The Hall–Kier alpha value is -4.82. The molecule has 7 nitrogen and oxygen atoms in total. The molecule has 0 radical (unpaired) electrons. The average Bonchev–Trinajstić information content (AvgIpc) is 3.53. The number of para-hydroxylation sites is 1. The molecule has 3 aromatic carbocycles. The number of fused-ring (bicyclic) bond motifs is 1. The summed E-state index contributed by atoms with van der Waals surface area (Å²) >= 11 is 1.30. The molecule has 6 rings (SSSR count). The fourth-order valence-corrected chi connectivity index (χ4v) is 5.70. The van der Waals surface area contributed by atoms with Crippen LogP contribution in [0.15, 0.2) is 118 Å². The van der Waals surface area contributed by atoms with E-state index < -0.39 is 6.04 Å². The van der Waals surface area contributed by atoms with Crippen molar-refractivity contribution in [3.05, 3.63) is 139 Å². The van der Waals surface area contributed by atoms with Crippen LogP contribution in [0.4, 0.5) is 5.69 Å². The third kappa shape index (κ3) is 4.31. The highest BCUT2D eigenvalue weighted by atomic mass is 32.1. The Morgan fingerprint density at radius 2 is 1.63 bits per heavy atom. The van der Waals surface area contributed by atoms with Gasteiger partial charge in [-0.05, 0) is 30.7 Å². The zero-order valence-electron chi connectivity index (χ0n) is 20.5. The smallest absolute Gasteiger partial charge is 0.271 e. The van der Waals surface area contributed by atoms with E-state index in [9.17, 15) is 9.59 Å². The van der Waals surface area contributed by atoms with Gasteiger partial charge in [-0.15, -0.1) is 0 Å². The maximum absolute atomic E-state index is 13.9. The molecule has 0 aliphatic carbocycles. The molecular formula is C30H23N5O2S. The highest BCUT2D eigenvalue weighted by molar-refractivity contribution is 7.07. The summed E-state index contributed by atoms with van der Waals surface area (Å²) in [5.41, 5.74) is 4.92. The number of carbonyl (C=O) groups is 1. The number of nitrogens with one attached hydrogen (secondary N) is 2. The number of hydrogen-bond acceptors (Lipinski definition) is 5. The van der Waals surface area contributed by atoms with Gasteiger partial charge in [0, 0.05) is 16.8 Å². The number of rotatable bonds is 5. The third-order valence-corrected chi connectivity index (χ3v) is 7.41. The molecule has 0 bridgehead atoms. The topological polar surface area (TPSA) is 92.1 Å². The van der Waals surface area contributed by atoms with E-state index in [4.69, 9.17) is 4.99 Å². The van der Waals surface area contributed by atoms with Crippen molar-refractivity contribution in [1.29, 1.82) is 0 Å². The van der Waals surface area contributed by atoms with Crippen LogP contribution in [0.3, 0.4) is 0 Å². The lowest BCUT2D eigenvalue weighted by atomic mass is 9.95. The predicted octanol–water partition coefficient (Wildman–Crippen LogP) is 4.26. The van der Waals surface area contributed by atoms with Gasteiger partial charge in [-0.2, -0.15) is 5.10 Å². The van der Waals surface area contributed by atoms with Crippen LogP contribution < -0.4 is 20.2 Å². The second kappa shape index (κ2) is 9.91. The molecule has 0 saturated heterocycles. The zero-order chi connectivity index (χ0) is 26.1. The minimum absolute atomic E-state index is 0.208. The summed E-state index contributed by atoms with van der Waals surface area (Å²) in [6.45, 7) is 1.82. The Morgan fingerprint density at radius 1 is 0.974 bits per heavy atom. The highest BCUT2D eigenvalue weighted by Crippen LogP contribution is 2.30. The molecule has 2 N–H and O–H groups in total. The van der Waals surface area contributed by atoms with Gasteiger partial charge in [-0.25, -0.2) is 4.99 Å². The second-order valence-electron chi connectivity index (χ2n) is 8.88. The Kier molecular flexibility index (Phi) is 6.15. The van der Waals surface area contributed by atoms with E-state index in [1.807, 2.05) is 104 Å². The van der Waals surface area contributed by atoms with Gasteiger partial charge < -0.3 is 5.32 Å². The van der Waals surface area contributed by atoms with Crippen molar-refractivity contribution in [3.63, 3.8) is 0 Å². The number of aromatic amines is 1. The molecule has 1 aliphatic heterocycles. The van der Waals surface area contributed by atoms with E-state index in [0.29, 0.717) is 26.3 Å². The quantitative estimate of drug-likeness (QED) is 0.365. The summed E-state index contributed by atoms with van der Waals surface area (Å²) in [5, 5.41) is 10.2. The number of H-pyrrole nitrogens is 1. The lowest BCUT2D eigenvalue weighted by Crippen LogP contribution is -2.40. The SMILES string of the molecule is CC1=C(C(=O)Nc2ccccc2)C(c2ccccc2)n2c(s/c(=C/c3cn[nH]c3-c3ccccc3)c2=O)=N1. The van der Waals surface area contributed by atoms with Crippen LogP contribution in [0.5, 0.6) is 0 Å². The fraction of sp³-hybridized carbons (Fsp3) is 0.0667. The largest absolute Gasteiger partial charge is 0.322 e. The van der Waals surface area contributed by atoms with Crippen LogP contribution in [-0.4, -0.2) is 20.7 Å². The van der Waals surface area contributed by atoms with E-state index in [-0.39, 0.29) is 11.5 Å². The van der Waals surface area contributed by atoms with E-state index in [1.165, 1.54) is 11.3 Å². The molecule has 8 heteroatoms. The van der Waals surface area contributed by atoms with Gasteiger partial charge in [0.1, 0.15) is 0 Å². The molecule has 186 valence electrons. The molecule has 1 aliphatic rings. The number of nitrogens with zero attached hydrogens (tertiary/aromatic N) is 3. The molecule has 0 spiro atoms. The summed E-state index contributed by atoms with van der Waals surface area (Å²) < 4.78 is 2.14. The van der Waals surface area contributed by atoms with Crippen LogP contribution in [-0.2, 0) is 4.79 Å². The van der Waals surface area contributed by atoms with E-state index in [0.717, 1.165) is 22.4 Å². The monoisotopic (exact) mass is 517 g/mol. The number of hydrogen-bond donors (Lipinski definition) is 2. The van der Waals surface area contributed by atoms with Crippen LogP contribution in [0.25, 0.3) is 17.3 Å². The summed E-state index contributed by atoms with van der Waals surface area (Å²) in [4.78, 5) is 32.8.